The number of nitrogens with one attached hydrogen (secondary N) is 1. The number of halogens is 1. The van der Waals surface area contributed by atoms with Gasteiger partial charge < -0.3 is 9.87 Å². The molecule has 7 heteroatoms. The summed E-state index contributed by atoms with van der Waals surface area (Å²) < 4.78 is 33.4. The molecule has 3 aromatic rings. The van der Waals surface area contributed by atoms with Gasteiger partial charge >= 0.3 is 21.2 Å². The molecule has 0 aliphatic heterocycles. The third kappa shape index (κ3) is 8.94. The molecule has 0 spiro atoms. The molecule has 0 aromatic heterocycles. The molecule has 0 atom stereocenters. The summed E-state index contributed by atoms with van der Waals surface area (Å²) in [4.78, 5) is 11.8. The first-order valence-corrected chi connectivity index (χ1v) is 13.5. The summed E-state index contributed by atoms with van der Waals surface area (Å²) in [6.07, 6.45) is 0. The minimum absolute atomic E-state index is 0.171. The summed E-state index contributed by atoms with van der Waals surface area (Å²) in [7, 11) is -4.27. The fraction of sp³-hybridized carbons (Fsp3) is 0.160. The number of allylic oxidation sites excluding steroid dienone is 2. The van der Waals surface area contributed by atoms with Crippen molar-refractivity contribution in [3.8, 4) is 0 Å². The van der Waals surface area contributed by atoms with Crippen molar-refractivity contribution in [2.45, 2.75) is 32.2 Å². The Hall–Kier alpha value is -2.49. The summed E-state index contributed by atoms with van der Waals surface area (Å²) in [5.74, 6) is 0.171. The van der Waals surface area contributed by atoms with Crippen molar-refractivity contribution in [2.24, 2.45) is 0 Å². The molecular weight excluding hydrogens is 537 g/mol. The average Bonchev–Trinajstić information content (AvgIpc) is 2.77. The first-order chi connectivity index (χ1) is 15.2. The third-order valence-corrected chi connectivity index (χ3v) is 8.58. The number of benzene rings is 3. The van der Waals surface area contributed by atoms with Crippen molar-refractivity contribution in [1.29, 1.82) is 0 Å². The lowest BCUT2D eigenvalue weighted by Gasteiger charge is -2.06. The molecule has 0 amide bonds. The van der Waals surface area contributed by atoms with Crippen molar-refractivity contribution < 1.29 is 39.0 Å². The van der Waals surface area contributed by atoms with E-state index in [0.717, 1.165) is 21.4 Å². The molecule has 0 saturated heterocycles. The van der Waals surface area contributed by atoms with Gasteiger partial charge in [0.2, 0.25) is 5.78 Å². The van der Waals surface area contributed by atoms with Gasteiger partial charge in [-0.2, -0.15) is 0 Å². The van der Waals surface area contributed by atoms with E-state index < -0.39 is 31.3 Å². The zero-order valence-corrected chi connectivity index (χ0v) is 21.2. The van der Waals surface area contributed by atoms with Crippen LogP contribution in [0.15, 0.2) is 99.1 Å². The maximum atomic E-state index is 11.9. The molecule has 1 N–H and O–H groups in total. The lowest BCUT2D eigenvalue weighted by molar-refractivity contribution is -0.571. The molecule has 5 nitrogen and oxygen atoms in total. The molecule has 32 heavy (non-hydrogen) atoms. The second-order valence-electron chi connectivity index (χ2n) is 6.99. The largest absolute Gasteiger partial charge is 0.744 e. The van der Waals surface area contributed by atoms with Crippen LogP contribution in [0.1, 0.15) is 25.0 Å². The highest BCUT2D eigenvalue weighted by Crippen LogP contribution is 2.08. The van der Waals surface area contributed by atoms with Gasteiger partial charge in [-0.25, -0.2) is 8.42 Å². The lowest BCUT2D eigenvalue weighted by atomic mass is 10.2. The number of carbonyl (C=O) groups excluding carboxylic acids is 1. The van der Waals surface area contributed by atoms with Gasteiger partial charge in [0.1, 0.15) is 10.1 Å². The fourth-order valence-electron chi connectivity index (χ4n) is 2.60. The number of Topliss-reactive ketones (excluding diaryl/α,β-unsaturated/α-hetero) is 1. The number of hydrogen-bond donors (Lipinski definition) is 1. The monoisotopic (exact) mass is 563 g/mol. The first kappa shape index (κ1) is 25.8. The molecule has 0 radical (unpaired) electrons. The fourth-order valence-corrected chi connectivity index (χ4v) is 5.44. The van der Waals surface area contributed by atoms with E-state index in [1.165, 1.54) is 21.3 Å². The number of ketones is 1. The highest BCUT2D eigenvalue weighted by molar-refractivity contribution is 7.85. The van der Waals surface area contributed by atoms with Gasteiger partial charge in [0.15, 0.2) is 3.57 Å². The average molecular weight is 563 g/mol. The second kappa shape index (κ2) is 12.5. The Morgan fingerprint density at radius 1 is 0.875 bits per heavy atom. The van der Waals surface area contributed by atoms with Crippen LogP contribution in [0, 0.1) is 10.5 Å². The van der Waals surface area contributed by atoms with Crippen LogP contribution in [0.3, 0.4) is 0 Å². The predicted octanol–water partition coefficient (Wildman–Crippen LogP) is 1.45. The molecule has 0 aliphatic rings. The standard InChI is InChI=1S/C18H18INO.C7H8O3S/c1-14(20-13-16-9-5-3-6-10-16)18(15(2)21)19-17-11-7-4-8-12-17;1-6-2-4-7(5-3-6)11(8,9)10/h3-12H,13H2,1-2H3;2-5H,1H3,(H,8,9,10). The summed E-state index contributed by atoms with van der Waals surface area (Å²) in [5.41, 5.74) is 3.15. The summed E-state index contributed by atoms with van der Waals surface area (Å²) in [5, 5.41) is 3.39. The van der Waals surface area contributed by atoms with Crippen LogP contribution in [0.5, 0.6) is 0 Å². The smallest absolute Gasteiger partial charge is 0.363 e. The van der Waals surface area contributed by atoms with Crippen molar-refractivity contribution in [1.82, 2.24) is 5.32 Å². The summed E-state index contributed by atoms with van der Waals surface area (Å²) in [6.45, 7) is 6.23. The van der Waals surface area contributed by atoms with Crippen LogP contribution in [-0.2, 0) is 21.5 Å². The SMILES string of the molecule is CC(=O)/C([I+]c1ccccc1)=C(/C)NCc1ccccc1.Cc1ccc(S(=O)(=O)[O-])cc1. The number of aryl methyl sites for hydroxylation is 1. The Morgan fingerprint density at radius 2 is 1.41 bits per heavy atom. The molecular formula is C25H26INO4S. The maximum absolute atomic E-state index is 11.9. The zero-order valence-electron chi connectivity index (χ0n) is 18.2. The molecule has 0 unspecified atom stereocenters. The Balaban J connectivity index is 0.000000278. The van der Waals surface area contributed by atoms with Gasteiger partial charge in [-0.3, -0.25) is 4.79 Å². The van der Waals surface area contributed by atoms with E-state index in [9.17, 15) is 17.8 Å². The molecule has 0 fully saturated rings. The molecule has 0 aliphatic carbocycles. The van der Waals surface area contributed by atoms with Crippen LogP contribution in [0.25, 0.3) is 0 Å². The Bertz CT molecular complexity index is 1140. The van der Waals surface area contributed by atoms with Gasteiger partial charge in [-0.1, -0.05) is 66.2 Å². The number of carbonyl (C=O) groups is 1. The van der Waals surface area contributed by atoms with Crippen molar-refractivity contribution >= 4 is 15.9 Å². The predicted molar refractivity (Wildman–Crippen MR) is 121 cm³/mol. The molecule has 0 saturated carbocycles. The first-order valence-electron chi connectivity index (χ1n) is 9.89. The zero-order chi connectivity index (χ0) is 23.6. The molecule has 168 valence electrons. The van der Waals surface area contributed by atoms with E-state index in [2.05, 4.69) is 29.6 Å². The van der Waals surface area contributed by atoms with Crippen LogP contribution >= 0.6 is 0 Å². The normalized spacial score (nSPS) is 11.6. The Kier molecular flexibility index (Phi) is 10.1. The van der Waals surface area contributed by atoms with E-state index in [1.54, 1.807) is 19.1 Å². The van der Waals surface area contributed by atoms with E-state index >= 15 is 0 Å². The minimum atomic E-state index is -4.27. The van der Waals surface area contributed by atoms with Gasteiger partial charge in [-0.05, 0) is 43.7 Å². The molecule has 3 aromatic carbocycles. The van der Waals surface area contributed by atoms with Gasteiger partial charge in [-0.15, -0.1) is 0 Å². The van der Waals surface area contributed by atoms with Crippen molar-refractivity contribution in [3.05, 3.63) is 109 Å². The Morgan fingerprint density at radius 3 is 1.91 bits per heavy atom. The second-order valence-corrected chi connectivity index (χ2v) is 11.2. The van der Waals surface area contributed by atoms with Crippen molar-refractivity contribution in [2.75, 3.05) is 0 Å². The minimum Gasteiger partial charge on any atom is -0.744 e. The van der Waals surface area contributed by atoms with Crippen molar-refractivity contribution in [3.63, 3.8) is 0 Å². The maximum Gasteiger partial charge on any atom is 0.363 e. The number of rotatable bonds is 7. The van der Waals surface area contributed by atoms with Gasteiger partial charge in [0.25, 0.3) is 3.58 Å². The van der Waals surface area contributed by atoms with Gasteiger partial charge in [0.05, 0.1) is 10.6 Å². The summed E-state index contributed by atoms with van der Waals surface area (Å²) in [6, 6.07) is 26.3. The highest BCUT2D eigenvalue weighted by Gasteiger charge is 2.26. The molecule has 0 heterocycles. The van der Waals surface area contributed by atoms with Crippen LogP contribution in [0.4, 0.5) is 0 Å². The molecule has 3 rings (SSSR count). The molecule has 0 bridgehead atoms. The number of hydrogen-bond acceptors (Lipinski definition) is 5. The van der Waals surface area contributed by atoms with E-state index in [0.29, 0.717) is 0 Å². The topological polar surface area (TPSA) is 86.3 Å². The van der Waals surface area contributed by atoms with E-state index in [-0.39, 0.29) is 10.7 Å². The Labute approximate surface area is 200 Å². The van der Waals surface area contributed by atoms with Crippen LogP contribution < -0.4 is 26.5 Å². The summed E-state index contributed by atoms with van der Waals surface area (Å²) >= 11 is -0.435. The van der Waals surface area contributed by atoms with Gasteiger partial charge in [0, 0.05) is 13.5 Å². The van der Waals surface area contributed by atoms with Crippen LogP contribution in [-0.4, -0.2) is 18.8 Å². The van der Waals surface area contributed by atoms with E-state index in [1.807, 2.05) is 50.2 Å². The quantitative estimate of drug-likeness (QED) is 0.267. The van der Waals surface area contributed by atoms with Crippen LogP contribution in [0.2, 0.25) is 0 Å². The highest BCUT2D eigenvalue weighted by atomic mass is 127. The van der Waals surface area contributed by atoms with E-state index in [4.69, 9.17) is 0 Å². The third-order valence-electron chi connectivity index (χ3n) is 4.29. The lowest BCUT2D eigenvalue weighted by Crippen LogP contribution is -3.61.